The van der Waals surface area contributed by atoms with Crippen LogP contribution in [0.3, 0.4) is 0 Å². The van der Waals surface area contributed by atoms with Crippen molar-refractivity contribution < 1.29 is 4.74 Å². The summed E-state index contributed by atoms with van der Waals surface area (Å²) in [6, 6.07) is 0.396. The molecular weight excluding hydrogens is 232 g/mol. The molecule has 0 amide bonds. The van der Waals surface area contributed by atoms with Crippen LogP contribution in [0.15, 0.2) is 0 Å². The van der Waals surface area contributed by atoms with Crippen molar-refractivity contribution in [2.75, 3.05) is 13.2 Å². The third-order valence-corrected chi connectivity index (χ3v) is 3.86. The summed E-state index contributed by atoms with van der Waals surface area (Å²) in [5.41, 5.74) is 1.14. The molecule has 1 unspecified atom stereocenters. The number of aromatic nitrogens is 1. The molecule has 0 aliphatic rings. The molecule has 1 N–H and O–H groups in total. The fourth-order valence-electron chi connectivity index (χ4n) is 1.69. The molecule has 0 aliphatic heterocycles. The molecule has 1 aromatic heterocycles. The first-order valence-electron chi connectivity index (χ1n) is 6.46. The molecule has 4 heteroatoms. The summed E-state index contributed by atoms with van der Waals surface area (Å²) in [7, 11) is 0. The number of nitrogens with one attached hydrogen (secondary N) is 1. The van der Waals surface area contributed by atoms with Gasteiger partial charge in [-0.1, -0.05) is 13.8 Å². The lowest BCUT2D eigenvalue weighted by Crippen LogP contribution is -2.18. The summed E-state index contributed by atoms with van der Waals surface area (Å²) >= 11 is 1.77. The average Bonchev–Trinajstić information content (AvgIpc) is 2.68. The van der Waals surface area contributed by atoms with Crippen molar-refractivity contribution in [3.05, 3.63) is 15.6 Å². The van der Waals surface area contributed by atoms with Crippen molar-refractivity contribution in [2.24, 2.45) is 0 Å². The van der Waals surface area contributed by atoms with E-state index in [1.807, 2.05) is 0 Å². The van der Waals surface area contributed by atoms with Crippen molar-refractivity contribution in [1.29, 1.82) is 0 Å². The molecular formula is C13H24N2OS. The van der Waals surface area contributed by atoms with Crippen molar-refractivity contribution in [2.45, 2.75) is 53.2 Å². The predicted molar refractivity (Wildman–Crippen MR) is 73.5 cm³/mol. The Morgan fingerprint density at radius 1 is 1.35 bits per heavy atom. The number of aryl methyl sites for hydroxylation is 1. The first-order valence-corrected chi connectivity index (χ1v) is 7.28. The Labute approximate surface area is 109 Å². The molecule has 0 radical (unpaired) electrons. The highest BCUT2D eigenvalue weighted by Gasteiger charge is 2.13. The minimum Gasteiger partial charge on any atom is -0.374 e. The third-order valence-electron chi connectivity index (χ3n) is 2.54. The van der Waals surface area contributed by atoms with Crippen LogP contribution in [0, 0.1) is 6.92 Å². The van der Waals surface area contributed by atoms with Crippen LogP contribution >= 0.6 is 11.3 Å². The molecule has 98 valence electrons. The van der Waals surface area contributed by atoms with Crippen LogP contribution in [0.5, 0.6) is 0 Å². The van der Waals surface area contributed by atoms with Gasteiger partial charge in [-0.25, -0.2) is 4.98 Å². The minimum atomic E-state index is 0.396. The van der Waals surface area contributed by atoms with Crippen LogP contribution in [0.4, 0.5) is 0 Å². The Kier molecular flexibility index (Phi) is 6.70. The average molecular weight is 256 g/mol. The van der Waals surface area contributed by atoms with Crippen LogP contribution in [0.1, 0.15) is 55.2 Å². The fourth-order valence-corrected chi connectivity index (χ4v) is 2.72. The normalized spacial score (nSPS) is 12.9. The van der Waals surface area contributed by atoms with Gasteiger partial charge in [0.1, 0.15) is 5.01 Å². The molecule has 17 heavy (non-hydrogen) atoms. The minimum absolute atomic E-state index is 0.396. The molecule has 1 heterocycles. The molecule has 3 nitrogen and oxygen atoms in total. The van der Waals surface area contributed by atoms with Crippen molar-refractivity contribution >= 4 is 11.3 Å². The van der Waals surface area contributed by atoms with E-state index in [9.17, 15) is 0 Å². The Balaban J connectivity index is 2.54. The van der Waals surface area contributed by atoms with Gasteiger partial charge in [0.25, 0.3) is 0 Å². The van der Waals surface area contributed by atoms with E-state index in [-0.39, 0.29) is 0 Å². The number of thiazole rings is 1. The predicted octanol–water partition coefficient (Wildman–Crippen LogP) is 3.44. The number of rotatable bonds is 8. The molecule has 0 saturated carbocycles. The fraction of sp³-hybridized carbons (Fsp3) is 0.769. The Morgan fingerprint density at radius 3 is 2.76 bits per heavy atom. The van der Waals surface area contributed by atoms with Gasteiger partial charge in [-0.2, -0.15) is 0 Å². The van der Waals surface area contributed by atoms with E-state index in [0.29, 0.717) is 12.6 Å². The van der Waals surface area contributed by atoms with Gasteiger partial charge < -0.3 is 10.1 Å². The highest BCUT2D eigenvalue weighted by Crippen LogP contribution is 2.25. The topological polar surface area (TPSA) is 34.1 Å². The zero-order chi connectivity index (χ0) is 12.7. The van der Waals surface area contributed by atoms with Gasteiger partial charge in [0.15, 0.2) is 0 Å². The maximum absolute atomic E-state index is 5.53. The summed E-state index contributed by atoms with van der Waals surface area (Å²) in [6.07, 6.45) is 2.22. The van der Waals surface area contributed by atoms with E-state index in [0.717, 1.165) is 36.7 Å². The van der Waals surface area contributed by atoms with Crippen LogP contribution in [-0.4, -0.2) is 18.1 Å². The molecule has 1 rings (SSSR count). The molecule has 0 fully saturated rings. The first-order chi connectivity index (χ1) is 8.19. The molecule has 1 aromatic rings. The standard InChI is InChI=1S/C13H24N2OS/c1-5-7-14-10(3)13-11(4)15-12(17-13)9-16-8-6-2/h10,14H,5-9H2,1-4H3. The SMILES string of the molecule is CCCNC(C)c1sc(COCCC)nc1C. The number of nitrogens with zero attached hydrogens (tertiary/aromatic N) is 1. The Bertz CT molecular complexity index is 325. The summed E-state index contributed by atoms with van der Waals surface area (Å²) in [5.74, 6) is 0. The monoisotopic (exact) mass is 256 g/mol. The van der Waals surface area contributed by atoms with Gasteiger partial charge >= 0.3 is 0 Å². The first kappa shape index (κ1) is 14.6. The number of hydrogen-bond acceptors (Lipinski definition) is 4. The third kappa shape index (κ3) is 4.74. The van der Waals surface area contributed by atoms with Gasteiger partial charge in [0.2, 0.25) is 0 Å². The second-order valence-electron chi connectivity index (χ2n) is 4.29. The largest absolute Gasteiger partial charge is 0.374 e. The second kappa shape index (κ2) is 7.80. The lowest BCUT2D eigenvalue weighted by Gasteiger charge is -2.11. The van der Waals surface area contributed by atoms with E-state index in [1.165, 1.54) is 4.88 Å². The molecule has 0 aliphatic carbocycles. The lowest BCUT2D eigenvalue weighted by molar-refractivity contribution is 0.121. The van der Waals surface area contributed by atoms with Crippen molar-refractivity contribution in [3.8, 4) is 0 Å². The Morgan fingerprint density at radius 2 is 2.12 bits per heavy atom. The van der Waals surface area contributed by atoms with E-state index < -0.39 is 0 Å². The van der Waals surface area contributed by atoms with Gasteiger partial charge in [-0.05, 0) is 33.2 Å². The van der Waals surface area contributed by atoms with Crippen molar-refractivity contribution in [3.63, 3.8) is 0 Å². The van der Waals surface area contributed by atoms with Gasteiger partial charge in [0, 0.05) is 17.5 Å². The maximum Gasteiger partial charge on any atom is 0.119 e. The van der Waals surface area contributed by atoms with Crippen LogP contribution in [-0.2, 0) is 11.3 Å². The summed E-state index contributed by atoms with van der Waals surface area (Å²) in [4.78, 5) is 5.91. The van der Waals surface area contributed by atoms with Crippen LogP contribution < -0.4 is 5.32 Å². The summed E-state index contributed by atoms with van der Waals surface area (Å²) in [5, 5.41) is 4.59. The molecule has 0 aromatic carbocycles. The Hall–Kier alpha value is -0.450. The smallest absolute Gasteiger partial charge is 0.119 e. The quantitative estimate of drug-likeness (QED) is 0.723. The van der Waals surface area contributed by atoms with Gasteiger partial charge in [-0.15, -0.1) is 11.3 Å². The maximum atomic E-state index is 5.53. The van der Waals surface area contributed by atoms with Crippen LogP contribution in [0.2, 0.25) is 0 Å². The highest BCUT2D eigenvalue weighted by molar-refractivity contribution is 7.11. The molecule has 0 bridgehead atoms. The molecule has 1 atom stereocenters. The van der Waals surface area contributed by atoms with Crippen molar-refractivity contribution in [1.82, 2.24) is 10.3 Å². The van der Waals surface area contributed by atoms with E-state index >= 15 is 0 Å². The van der Waals surface area contributed by atoms with Gasteiger partial charge in [-0.3, -0.25) is 0 Å². The van der Waals surface area contributed by atoms with E-state index in [2.05, 4.69) is 38.0 Å². The second-order valence-corrected chi connectivity index (χ2v) is 5.40. The van der Waals surface area contributed by atoms with E-state index in [1.54, 1.807) is 11.3 Å². The lowest BCUT2D eigenvalue weighted by atomic mass is 10.2. The molecule has 0 saturated heterocycles. The van der Waals surface area contributed by atoms with Gasteiger partial charge in [0.05, 0.1) is 12.3 Å². The van der Waals surface area contributed by atoms with Crippen LogP contribution in [0.25, 0.3) is 0 Å². The zero-order valence-electron chi connectivity index (χ0n) is 11.4. The zero-order valence-corrected chi connectivity index (χ0v) is 12.2. The number of hydrogen-bond donors (Lipinski definition) is 1. The van der Waals surface area contributed by atoms with E-state index in [4.69, 9.17) is 4.74 Å². The highest BCUT2D eigenvalue weighted by atomic mass is 32.1. The summed E-state index contributed by atoms with van der Waals surface area (Å²) < 4.78 is 5.53. The number of ether oxygens (including phenoxy) is 1. The molecule has 0 spiro atoms. The summed E-state index contributed by atoms with van der Waals surface area (Å²) in [6.45, 7) is 11.1.